The van der Waals surface area contributed by atoms with E-state index in [0.717, 1.165) is 19.4 Å². The molecular weight excluding hydrogens is 228 g/mol. The summed E-state index contributed by atoms with van der Waals surface area (Å²) < 4.78 is 5.17. The first-order valence-corrected chi connectivity index (χ1v) is 5.69. The summed E-state index contributed by atoms with van der Waals surface area (Å²) in [4.78, 5) is 11.6. The Morgan fingerprint density at radius 2 is 2.06 bits per heavy atom. The van der Waals surface area contributed by atoms with Crippen LogP contribution in [0.3, 0.4) is 0 Å². The van der Waals surface area contributed by atoms with Crippen LogP contribution in [0.2, 0.25) is 0 Å². The second-order valence-electron chi connectivity index (χ2n) is 3.97. The van der Waals surface area contributed by atoms with Crippen LogP contribution in [-0.2, 0) is 9.53 Å². The molecule has 1 amide bonds. The van der Waals surface area contributed by atoms with Gasteiger partial charge in [-0.05, 0) is 26.7 Å². The zero-order valence-electron chi connectivity index (χ0n) is 10.5. The molecule has 0 spiro atoms. The molecule has 1 unspecified atom stereocenters. The van der Waals surface area contributed by atoms with Crippen LogP contribution < -0.4 is 11.1 Å². The standard InChI is InChI=1S/C11H24N2O2.ClH/c1-4-7-11(3,12)10(14)13-8-6-9-15-5-2;/h4-9,12H2,1-3H3,(H,13,14);1H. The SMILES string of the molecule is CCCC(C)(N)C(=O)NCCCOCC.Cl. The van der Waals surface area contributed by atoms with E-state index in [1.165, 1.54) is 0 Å². The fourth-order valence-electron chi connectivity index (χ4n) is 1.36. The summed E-state index contributed by atoms with van der Waals surface area (Å²) in [5.41, 5.74) is 5.13. The second kappa shape index (κ2) is 9.87. The lowest BCUT2D eigenvalue weighted by Gasteiger charge is -2.22. The number of hydrogen-bond donors (Lipinski definition) is 2. The summed E-state index contributed by atoms with van der Waals surface area (Å²) >= 11 is 0. The summed E-state index contributed by atoms with van der Waals surface area (Å²) in [6.45, 7) is 7.79. The molecule has 0 heterocycles. The number of halogens is 1. The summed E-state index contributed by atoms with van der Waals surface area (Å²) in [6, 6.07) is 0. The lowest BCUT2D eigenvalue weighted by Crippen LogP contribution is -2.51. The Kier molecular flexibility index (Phi) is 11.1. The van der Waals surface area contributed by atoms with E-state index >= 15 is 0 Å². The largest absolute Gasteiger partial charge is 0.382 e. The maximum absolute atomic E-state index is 11.6. The van der Waals surface area contributed by atoms with Gasteiger partial charge in [0, 0.05) is 19.8 Å². The molecule has 0 aromatic carbocycles. The Morgan fingerprint density at radius 3 is 2.56 bits per heavy atom. The summed E-state index contributed by atoms with van der Waals surface area (Å²) in [5.74, 6) is -0.0687. The molecule has 0 rings (SSSR count). The number of carbonyl (C=O) groups is 1. The van der Waals surface area contributed by atoms with E-state index in [4.69, 9.17) is 10.5 Å². The quantitative estimate of drug-likeness (QED) is 0.643. The second-order valence-corrected chi connectivity index (χ2v) is 3.97. The minimum atomic E-state index is -0.736. The Morgan fingerprint density at radius 1 is 1.44 bits per heavy atom. The van der Waals surface area contributed by atoms with Crippen molar-refractivity contribution in [3.63, 3.8) is 0 Å². The number of rotatable bonds is 8. The van der Waals surface area contributed by atoms with Crippen LogP contribution in [0.4, 0.5) is 0 Å². The monoisotopic (exact) mass is 252 g/mol. The fraction of sp³-hybridized carbons (Fsp3) is 0.909. The highest BCUT2D eigenvalue weighted by molar-refractivity contribution is 5.85. The van der Waals surface area contributed by atoms with Gasteiger partial charge in [-0.1, -0.05) is 13.3 Å². The van der Waals surface area contributed by atoms with Crippen molar-refractivity contribution in [1.82, 2.24) is 5.32 Å². The number of ether oxygens (including phenoxy) is 1. The molecule has 0 aliphatic heterocycles. The average molecular weight is 253 g/mol. The van der Waals surface area contributed by atoms with Gasteiger partial charge in [0.05, 0.1) is 5.54 Å². The van der Waals surface area contributed by atoms with Crippen LogP contribution in [0.15, 0.2) is 0 Å². The van der Waals surface area contributed by atoms with Crippen LogP contribution in [-0.4, -0.2) is 31.2 Å². The third kappa shape index (κ3) is 7.91. The normalized spacial score (nSPS) is 13.8. The van der Waals surface area contributed by atoms with Gasteiger partial charge in [0.2, 0.25) is 5.91 Å². The Balaban J connectivity index is 0. The van der Waals surface area contributed by atoms with Crippen LogP contribution in [0, 0.1) is 0 Å². The first kappa shape index (κ1) is 18.1. The van der Waals surface area contributed by atoms with Crippen molar-refractivity contribution < 1.29 is 9.53 Å². The third-order valence-electron chi connectivity index (χ3n) is 2.24. The van der Waals surface area contributed by atoms with Crippen LogP contribution in [0.5, 0.6) is 0 Å². The molecule has 5 heteroatoms. The first-order valence-electron chi connectivity index (χ1n) is 5.69. The van der Waals surface area contributed by atoms with Crippen LogP contribution in [0.25, 0.3) is 0 Å². The molecular formula is C11H25ClN2O2. The topological polar surface area (TPSA) is 64.4 Å². The van der Waals surface area contributed by atoms with Crippen molar-refractivity contribution >= 4 is 18.3 Å². The summed E-state index contributed by atoms with van der Waals surface area (Å²) in [5, 5.41) is 2.82. The van der Waals surface area contributed by atoms with Gasteiger partial charge < -0.3 is 15.8 Å². The lowest BCUT2D eigenvalue weighted by atomic mass is 9.96. The lowest BCUT2D eigenvalue weighted by molar-refractivity contribution is -0.126. The molecule has 3 N–H and O–H groups in total. The van der Waals surface area contributed by atoms with Crippen molar-refractivity contribution in [2.24, 2.45) is 5.73 Å². The van der Waals surface area contributed by atoms with Gasteiger partial charge in [0.25, 0.3) is 0 Å². The van der Waals surface area contributed by atoms with E-state index in [2.05, 4.69) is 5.32 Å². The molecule has 0 saturated carbocycles. The zero-order chi connectivity index (χ0) is 11.7. The van der Waals surface area contributed by atoms with E-state index in [9.17, 15) is 4.79 Å². The minimum absolute atomic E-state index is 0. The molecule has 4 nitrogen and oxygen atoms in total. The van der Waals surface area contributed by atoms with Crippen molar-refractivity contribution in [2.45, 2.75) is 45.6 Å². The maximum atomic E-state index is 11.6. The Labute approximate surface area is 105 Å². The van der Waals surface area contributed by atoms with Crippen LogP contribution >= 0.6 is 12.4 Å². The van der Waals surface area contributed by atoms with E-state index < -0.39 is 5.54 Å². The highest BCUT2D eigenvalue weighted by Gasteiger charge is 2.26. The van der Waals surface area contributed by atoms with Gasteiger partial charge in [-0.3, -0.25) is 4.79 Å². The molecule has 1 atom stereocenters. The first-order chi connectivity index (χ1) is 7.04. The average Bonchev–Trinajstić information content (AvgIpc) is 2.17. The van der Waals surface area contributed by atoms with Crippen molar-refractivity contribution in [2.75, 3.05) is 19.8 Å². The van der Waals surface area contributed by atoms with Crippen molar-refractivity contribution in [3.05, 3.63) is 0 Å². The highest BCUT2D eigenvalue weighted by atomic mass is 35.5. The number of hydrogen-bond acceptors (Lipinski definition) is 3. The Hall–Kier alpha value is -0.320. The molecule has 0 saturated heterocycles. The molecule has 0 radical (unpaired) electrons. The Bertz CT molecular complexity index is 187. The number of carbonyl (C=O) groups excluding carboxylic acids is 1. The fourth-order valence-corrected chi connectivity index (χ4v) is 1.36. The van der Waals surface area contributed by atoms with Gasteiger partial charge >= 0.3 is 0 Å². The van der Waals surface area contributed by atoms with Crippen LogP contribution in [0.1, 0.15) is 40.0 Å². The molecule has 0 aromatic heterocycles. The predicted molar refractivity (Wildman–Crippen MR) is 68.9 cm³/mol. The van der Waals surface area contributed by atoms with E-state index in [1.54, 1.807) is 6.92 Å². The predicted octanol–water partition coefficient (Wildman–Crippen LogP) is 1.47. The maximum Gasteiger partial charge on any atom is 0.239 e. The van der Waals surface area contributed by atoms with Gasteiger partial charge in [-0.25, -0.2) is 0 Å². The van der Waals surface area contributed by atoms with Gasteiger partial charge in [0.15, 0.2) is 0 Å². The molecule has 0 aliphatic carbocycles. The number of amides is 1. The summed E-state index contributed by atoms with van der Waals surface area (Å²) in [7, 11) is 0. The highest BCUT2D eigenvalue weighted by Crippen LogP contribution is 2.07. The third-order valence-corrected chi connectivity index (χ3v) is 2.24. The summed E-state index contributed by atoms with van der Waals surface area (Å²) in [6.07, 6.45) is 2.46. The number of nitrogens with two attached hydrogens (primary N) is 1. The smallest absolute Gasteiger partial charge is 0.239 e. The molecule has 16 heavy (non-hydrogen) atoms. The molecule has 0 bridgehead atoms. The minimum Gasteiger partial charge on any atom is -0.382 e. The number of nitrogens with one attached hydrogen (secondary N) is 1. The van der Waals surface area contributed by atoms with Gasteiger partial charge in [0.1, 0.15) is 0 Å². The van der Waals surface area contributed by atoms with E-state index in [0.29, 0.717) is 19.6 Å². The van der Waals surface area contributed by atoms with Crippen molar-refractivity contribution in [1.29, 1.82) is 0 Å². The van der Waals surface area contributed by atoms with E-state index in [-0.39, 0.29) is 18.3 Å². The zero-order valence-corrected chi connectivity index (χ0v) is 11.4. The van der Waals surface area contributed by atoms with Gasteiger partial charge in [-0.2, -0.15) is 0 Å². The molecule has 0 aromatic rings. The molecule has 98 valence electrons. The van der Waals surface area contributed by atoms with Gasteiger partial charge in [-0.15, -0.1) is 12.4 Å². The van der Waals surface area contributed by atoms with Crippen molar-refractivity contribution in [3.8, 4) is 0 Å². The van der Waals surface area contributed by atoms with E-state index in [1.807, 2.05) is 13.8 Å². The molecule has 0 fully saturated rings. The molecule has 0 aliphatic rings.